The number of benzene rings is 2. The molecule has 2 aliphatic heterocycles. The minimum absolute atomic E-state index is 0.0180. The molecule has 2 heterocycles. The quantitative estimate of drug-likeness (QED) is 0.584. The number of nitrogens with one attached hydrogen (secondary N) is 1. The summed E-state index contributed by atoms with van der Waals surface area (Å²) >= 11 is 0. The third-order valence-electron chi connectivity index (χ3n) is 7.05. The van der Waals surface area contributed by atoms with Gasteiger partial charge in [-0.1, -0.05) is 77.8 Å². The first-order valence-electron chi connectivity index (χ1n) is 12.7. The van der Waals surface area contributed by atoms with Crippen LogP contribution < -0.4 is 11.1 Å². The summed E-state index contributed by atoms with van der Waals surface area (Å²) in [7, 11) is 3.50. The van der Waals surface area contributed by atoms with Crippen molar-refractivity contribution in [3.05, 3.63) is 48.0 Å². The van der Waals surface area contributed by atoms with E-state index in [1.807, 2.05) is 52.3 Å². The van der Waals surface area contributed by atoms with Crippen LogP contribution in [0.5, 0.6) is 0 Å². The van der Waals surface area contributed by atoms with Gasteiger partial charge in [0.2, 0.25) is 5.91 Å². The van der Waals surface area contributed by atoms with Gasteiger partial charge < -0.3 is 20.9 Å². The van der Waals surface area contributed by atoms with E-state index in [0.29, 0.717) is 26.2 Å². The first-order chi connectivity index (χ1) is 16.8. The molecule has 4 rings (SSSR count). The molecule has 2 aromatic rings. The second-order valence-electron chi connectivity index (χ2n) is 10.2. The molecule has 3 atom stereocenters. The van der Waals surface area contributed by atoms with E-state index in [2.05, 4.69) is 26.1 Å². The van der Waals surface area contributed by atoms with Crippen molar-refractivity contribution < 1.29 is 9.59 Å². The molecule has 8 heteroatoms. The van der Waals surface area contributed by atoms with Crippen molar-refractivity contribution in [3.8, 4) is 0 Å². The van der Waals surface area contributed by atoms with Gasteiger partial charge in [0, 0.05) is 54.3 Å². The fourth-order valence-electron chi connectivity index (χ4n) is 5.04. The molecule has 2 aromatic carbocycles. The lowest BCUT2D eigenvalue weighted by Gasteiger charge is -2.45. The first-order valence-corrected chi connectivity index (χ1v) is 15.0. The molecule has 0 saturated carbocycles. The van der Waals surface area contributed by atoms with E-state index in [4.69, 9.17) is 5.73 Å². The molecule has 2 fully saturated rings. The van der Waals surface area contributed by atoms with E-state index in [-0.39, 0.29) is 34.7 Å². The van der Waals surface area contributed by atoms with Crippen molar-refractivity contribution in [3.63, 3.8) is 0 Å². The normalized spacial score (nSPS) is 25.2. The van der Waals surface area contributed by atoms with Crippen molar-refractivity contribution in [1.29, 1.82) is 0 Å². The minimum atomic E-state index is -0.309. The van der Waals surface area contributed by atoms with Crippen molar-refractivity contribution in [2.45, 2.75) is 62.9 Å². The summed E-state index contributed by atoms with van der Waals surface area (Å²) in [5.74, 6) is 1.06. The highest BCUT2D eigenvalue weighted by Gasteiger charge is 2.43. The van der Waals surface area contributed by atoms with Crippen molar-refractivity contribution in [1.82, 2.24) is 15.1 Å². The van der Waals surface area contributed by atoms with Gasteiger partial charge >= 0.3 is 0 Å². The average molecular weight is 515 g/mol. The number of hydrogen-bond acceptors (Lipinski definition) is 6. The predicted molar refractivity (Wildman–Crippen MR) is 149 cm³/mol. The number of carbonyl (C=O) groups is 2. The van der Waals surface area contributed by atoms with Gasteiger partial charge in [-0.3, -0.25) is 9.59 Å². The van der Waals surface area contributed by atoms with Gasteiger partial charge in [-0.25, -0.2) is 0 Å². The maximum absolute atomic E-state index is 13.9. The third-order valence-corrected chi connectivity index (χ3v) is 10.4. The number of fused-ring (bicyclic) bond motifs is 1. The van der Waals surface area contributed by atoms with Crippen LogP contribution in [0.25, 0.3) is 10.8 Å². The molecular weight excluding hydrogens is 476 g/mol. The molecule has 2 saturated heterocycles. The Morgan fingerprint density at radius 3 is 2.71 bits per heavy atom. The highest BCUT2D eigenvalue weighted by Crippen LogP contribution is 2.40. The number of nitrogens with two attached hydrogens (primary N) is 1. The molecule has 1 unspecified atom stereocenters. The van der Waals surface area contributed by atoms with Gasteiger partial charge in [-0.15, -0.1) is 0 Å². The van der Waals surface area contributed by atoms with E-state index in [9.17, 15) is 9.59 Å². The maximum Gasteiger partial charge on any atom is 0.254 e. The topological polar surface area (TPSA) is 78.7 Å². The van der Waals surface area contributed by atoms with Crippen molar-refractivity contribution in [2.75, 3.05) is 31.9 Å². The van der Waals surface area contributed by atoms with Gasteiger partial charge in [0.05, 0.1) is 0 Å². The monoisotopic (exact) mass is 514 g/mol. The number of amides is 2. The number of unbranched alkanes of at least 4 members (excludes halogenated alkanes) is 1. The molecule has 0 spiro atoms. The van der Waals surface area contributed by atoms with Gasteiger partial charge in [0.15, 0.2) is 0 Å². The fourth-order valence-corrected chi connectivity index (χ4v) is 7.92. The summed E-state index contributed by atoms with van der Waals surface area (Å²) < 4.78 is -0.257. The zero-order valence-electron chi connectivity index (χ0n) is 21.0. The van der Waals surface area contributed by atoms with Gasteiger partial charge in [-0.2, -0.15) is 0 Å². The minimum Gasteiger partial charge on any atom is -0.335 e. The third kappa shape index (κ3) is 5.98. The fraction of sp³-hybridized carbons (Fsp3) is 0.556. The molecule has 0 bridgehead atoms. The van der Waals surface area contributed by atoms with Gasteiger partial charge in [-0.05, 0) is 37.1 Å². The molecule has 35 heavy (non-hydrogen) atoms. The second-order valence-corrected chi connectivity index (χ2v) is 13.2. The first kappa shape index (κ1) is 26.3. The highest BCUT2D eigenvalue weighted by atomic mass is 33.1. The molecule has 190 valence electrons. The number of nitrogens with zero attached hydrogens (tertiary/aromatic N) is 2. The van der Waals surface area contributed by atoms with Crippen molar-refractivity contribution >= 4 is 44.2 Å². The predicted octanol–water partition coefficient (Wildman–Crippen LogP) is 4.14. The van der Waals surface area contributed by atoms with Crippen LogP contribution in [0.4, 0.5) is 0 Å². The van der Waals surface area contributed by atoms with Crippen LogP contribution in [0.15, 0.2) is 42.5 Å². The standard InChI is InChI=1S/C27H38N4O2S2/c1-4-5-11-21-17-30(25(32)23-13-8-10-19-9-6-7-12-22(19)23)14-15-31(21)26(33)24-27(2,3)35-34-18-20(28)16-29-24/h6-10,12-13,20-21,24,29H,4-5,11,14-18,28H2,1-3H3/t20-,21?,24-/m1/s1. The Hall–Kier alpha value is -1.74. The van der Waals surface area contributed by atoms with Gasteiger partial charge in [0.1, 0.15) is 6.04 Å². The van der Waals surface area contributed by atoms with E-state index < -0.39 is 0 Å². The number of carbonyl (C=O) groups excluding carboxylic acids is 2. The molecule has 0 aliphatic carbocycles. The molecule has 2 aliphatic rings. The Morgan fingerprint density at radius 2 is 1.91 bits per heavy atom. The summed E-state index contributed by atoms with van der Waals surface area (Å²) in [4.78, 5) is 31.5. The van der Waals surface area contributed by atoms with E-state index >= 15 is 0 Å². The smallest absolute Gasteiger partial charge is 0.254 e. The lowest BCUT2D eigenvalue weighted by molar-refractivity contribution is -0.139. The Balaban J connectivity index is 1.54. The van der Waals surface area contributed by atoms with Gasteiger partial charge in [0.25, 0.3) is 5.91 Å². The van der Waals surface area contributed by atoms with Crippen LogP contribution in [0.3, 0.4) is 0 Å². The summed E-state index contributed by atoms with van der Waals surface area (Å²) in [6.45, 7) is 8.75. The summed E-state index contributed by atoms with van der Waals surface area (Å²) in [5.41, 5.74) is 6.95. The van der Waals surface area contributed by atoms with E-state index in [1.165, 1.54) is 0 Å². The molecule has 0 radical (unpaired) electrons. The second kappa shape index (κ2) is 11.5. The van der Waals surface area contributed by atoms with Crippen molar-refractivity contribution in [2.24, 2.45) is 5.73 Å². The SMILES string of the molecule is CCCCC1CN(C(=O)c2cccc3ccccc23)CCN1C(=O)[C@H]1NC[C@@H](N)CSSC1(C)C. The largest absolute Gasteiger partial charge is 0.335 e. The lowest BCUT2D eigenvalue weighted by Crippen LogP contribution is -2.64. The summed E-state index contributed by atoms with van der Waals surface area (Å²) in [6.07, 6.45) is 2.99. The average Bonchev–Trinajstić information content (AvgIpc) is 2.85. The maximum atomic E-state index is 13.9. The molecular formula is C27H38N4O2S2. The van der Waals surface area contributed by atoms with Crippen LogP contribution in [0, 0.1) is 0 Å². The van der Waals surface area contributed by atoms with Crippen LogP contribution in [0.2, 0.25) is 0 Å². The van der Waals surface area contributed by atoms with Crippen LogP contribution in [-0.4, -0.2) is 76.4 Å². The number of hydrogen-bond donors (Lipinski definition) is 2. The molecule has 3 N–H and O–H groups in total. The highest BCUT2D eigenvalue weighted by molar-refractivity contribution is 8.77. The Bertz CT molecular complexity index is 1040. The lowest BCUT2D eigenvalue weighted by atomic mass is 9.97. The van der Waals surface area contributed by atoms with Crippen LogP contribution in [0.1, 0.15) is 50.4 Å². The van der Waals surface area contributed by atoms with E-state index in [1.54, 1.807) is 21.6 Å². The molecule has 0 aromatic heterocycles. The number of piperazine rings is 1. The summed E-state index contributed by atoms with van der Waals surface area (Å²) in [5, 5.41) is 5.54. The summed E-state index contributed by atoms with van der Waals surface area (Å²) in [6, 6.07) is 13.7. The Kier molecular flexibility index (Phi) is 8.68. The van der Waals surface area contributed by atoms with Crippen LogP contribution >= 0.6 is 21.6 Å². The number of rotatable bonds is 5. The zero-order valence-corrected chi connectivity index (χ0v) is 22.7. The molecule has 6 nitrogen and oxygen atoms in total. The Labute approximate surface area is 217 Å². The zero-order chi connectivity index (χ0) is 25.0. The molecule has 2 amide bonds. The Morgan fingerprint density at radius 1 is 1.14 bits per heavy atom. The van der Waals surface area contributed by atoms with E-state index in [0.717, 1.165) is 41.4 Å². The van der Waals surface area contributed by atoms with Crippen LogP contribution in [-0.2, 0) is 4.79 Å².